The minimum absolute atomic E-state index is 0.0337. The fourth-order valence-corrected chi connectivity index (χ4v) is 2.97. The van der Waals surface area contributed by atoms with Crippen molar-refractivity contribution in [3.05, 3.63) is 40.8 Å². The fourth-order valence-electron chi connectivity index (χ4n) is 2.20. The van der Waals surface area contributed by atoms with Gasteiger partial charge in [-0.15, -0.1) is 11.3 Å². The van der Waals surface area contributed by atoms with Crippen molar-refractivity contribution in [3.8, 4) is 5.88 Å². The molecule has 0 atom stereocenters. The van der Waals surface area contributed by atoms with Crippen molar-refractivity contribution in [3.63, 3.8) is 0 Å². The summed E-state index contributed by atoms with van der Waals surface area (Å²) in [6.45, 7) is 1.62. The zero-order valence-electron chi connectivity index (χ0n) is 13.5. The number of anilines is 1. The van der Waals surface area contributed by atoms with E-state index in [-0.39, 0.29) is 18.2 Å². The molecule has 3 heterocycles. The third-order valence-electron chi connectivity index (χ3n) is 3.44. The number of ether oxygens (including phenoxy) is 1. The number of nitrogens with two attached hydrogens (primary N) is 1. The van der Waals surface area contributed by atoms with Crippen LogP contribution in [0.4, 0.5) is 15.1 Å². The van der Waals surface area contributed by atoms with Crippen LogP contribution in [0.25, 0.3) is 0 Å². The largest absolute Gasteiger partial charge is 0.475 e. The van der Waals surface area contributed by atoms with E-state index in [0.717, 1.165) is 10.0 Å². The summed E-state index contributed by atoms with van der Waals surface area (Å²) in [6.07, 6.45) is 4.72. The molecule has 0 spiro atoms. The molecule has 0 unspecified atom stereocenters. The second-order valence-corrected chi connectivity index (χ2v) is 6.41. The highest BCUT2D eigenvalue weighted by Crippen LogP contribution is 2.28. The molecular weight excluding hydrogens is 345 g/mol. The molecule has 0 saturated carbocycles. The van der Waals surface area contributed by atoms with Gasteiger partial charge in [-0.1, -0.05) is 0 Å². The Labute approximate surface area is 147 Å². The van der Waals surface area contributed by atoms with E-state index in [1.54, 1.807) is 29.4 Å². The van der Waals surface area contributed by atoms with Crippen molar-refractivity contribution in [2.24, 2.45) is 10.7 Å². The Hall–Kier alpha value is -2.81. The molecule has 1 aliphatic heterocycles. The van der Waals surface area contributed by atoms with Crippen LogP contribution < -0.4 is 15.4 Å². The van der Waals surface area contributed by atoms with Crippen molar-refractivity contribution < 1.29 is 13.9 Å². The van der Waals surface area contributed by atoms with E-state index in [4.69, 9.17) is 10.5 Å². The number of aromatic nitrogens is 2. The van der Waals surface area contributed by atoms with Crippen molar-refractivity contribution >= 4 is 34.1 Å². The standard InChI is InChI=1S/C16H16FN5O2S/c1-10-19-8-14(25-10)22-9-11(15(18)16(22)23)6-20-12-2-3-13(21-7-12)24-5-4-17/h2-3,6-8H,4-5,9,18H2,1H3. The molecule has 130 valence electrons. The van der Waals surface area contributed by atoms with Gasteiger partial charge in [-0.3, -0.25) is 14.7 Å². The highest BCUT2D eigenvalue weighted by atomic mass is 32.1. The van der Waals surface area contributed by atoms with Gasteiger partial charge in [0.25, 0.3) is 5.91 Å². The predicted molar refractivity (Wildman–Crippen MR) is 94.3 cm³/mol. The van der Waals surface area contributed by atoms with Crippen LogP contribution in [-0.4, -0.2) is 41.9 Å². The molecule has 0 aliphatic carbocycles. The van der Waals surface area contributed by atoms with Crippen LogP contribution in [0.2, 0.25) is 0 Å². The van der Waals surface area contributed by atoms with Crippen LogP contribution in [0.5, 0.6) is 5.88 Å². The van der Waals surface area contributed by atoms with Gasteiger partial charge in [0.05, 0.1) is 29.6 Å². The Bertz CT molecular complexity index is 831. The SMILES string of the molecule is Cc1ncc(N2CC(C=Nc3ccc(OCCF)nc3)=C(N)C2=O)s1. The number of amides is 1. The molecule has 0 saturated heterocycles. The summed E-state index contributed by atoms with van der Waals surface area (Å²) in [7, 11) is 0. The minimum atomic E-state index is -0.571. The van der Waals surface area contributed by atoms with Gasteiger partial charge in [0.15, 0.2) is 0 Å². The van der Waals surface area contributed by atoms with Crippen LogP contribution in [-0.2, 0) is 4.79 Å². The molecule has 0 bridgehead atoms. The Morgan fingerprint density at radius 3 is 2.92 bits per heavy atom. The molecule has 3 rings (SSSR count). The topological polar surface area (TPSA) is 93.7 Å². The number of hydrogen-bond acceptors (Lipinski definition) is 7. The molecular formula is C16H16FN5O2S. The molecule has 0 radical (unpaired) electrons. The van der Waals surface area contributed by atoms with Crippen molar-refractivity contribution in [2.75, 3.05) is 24.7 Å². The summed E-state index contributed by atoms with van der Waals surface area (Å²) in [5.74, 6) is 0.0799. The maximum atomic E-state index is 12.3. The van der Waals surface area contributed by atoms with E-state index in [0.29, 0.717) is 23.7 Å². The lowest BCUT2D eigenvalue weighted by atomic mass is 10.2. The van der Waals surface area contributed by atoms with Crippen molar-refractivity contribution in [1.82, 2.24) is 9.97 Å². The number of halogens is 1. The number of alkyl halides is 1. The van der Waals surface area contributed by atoms with Crippen LogP contribution in [0.3, 0.4) is 0 Å². The number of rotatable bonds is 6. The van der Waals surface area contributed by atoms with E-state index in [2.05, 4.69) is 15.0 Å². The van der Waals surface area contributed by atoms with Gasteiger partial charge in [0.1, 0.15) is 24.0 Å². The Morgan fingerprint density at radius 2 is 2.28 bits per heavy atom. The zero-order chi connectivity index (χ0) is 17.8. The Kier molecular flexibility index (Phi) is 5.03. The first-order chi connectivity index (χ1) is 12.1. The van der Waals surface area contributed by atoms with E-state index in [9.17, 15) is 9.18 Å². The smallest absolute Gasteiger partial charge is 0.275 e. The number of aliphatic imine (C=N–C) groups is 1. The highest BCUT2D eigenvalue weighted by Gasteiger charge is 2.29. The van der Waals surface area contributed by atoms with Crippen LogP contribution in [0.15, 0.2) is 40.8 Å². The van der Waals surface area contributed by atoms with Gasteiger partial charge in [-0.05, 0) is 13.0 Å². The summed E-state index contributed by atoms with van der Waals surface area (Å²) in [5.41, 5.74) is 7.29. The molecule has 1 aliphatic rings. The second-order valence-electron chi connectivity index (χ2n) is 5.20. The molecule has 7 nitrogen and oxygen atoms in total. The average molecular weight is 361 g/mol. The summed E-state index contributed by atoms with van der Waals surface area (Å²) in [6, 6.07) is 3.29. The monoisotopic (exact) mass is 361 g/mol. The summed E-state index contributed by atoms with van der Waals surface area (Å²) in [4.78, 5) is 26.3. The predicted octanol–water partition coefficient (Wildman–Crippen LogP) is 2.16. The van der Waals surface area contributed by atoms with Gasteiger partial charge in [0.2, 0.25) is 5.88 Å². The Balaban J connectivity index is 1.69. The lowest BCUT2D eigenvalue weighted by Crippen LogP contribution is -2.27. The normalized spacial score (nSPS) is 14.8. The van der Waals surface area contributed by atoms with Crippen molar-refractivity contribution in [1.29, 1.82) is 0 Å². The summed E-state index contributed by atoms with van der Waals surface area (Å²) < 4.78 is 17.1. The van der Waals surface area contributed by atoms with Gasteiger partial charge in [-0.25, -0.2) is 14.4 Å². The highest BCUT2D eigenvalue weighted by molar-refractivity contribution is 7.15. The van der Waals surface area contributed by atoms with E-state index in [1.165, 1.54) is 17.5 Å². The molecule has 1 amide bonds. The Morgan fingerprint density at radius 1 is 1.44 bits per heavy atom. The number of hydrogen-bond donors (Lipinski definition) is 1. The third-order valence-corrected chi connectivity index (χ3v) is 4.38. The number of aryl methyl sites for hydroxylation is 1. The minimum Gasteiger partial charge on any atom is -0.475 e. The second kappa shape index (κ2) is 7.39. The first-order valence-corrected chi connectivity index (χ1v) is 8.32. The first kappa shape index (κ1) is 17.0. The molecule has 9 heteroatoms. The molecule has 2 aromatic heterocycles. The number of thiazole rings is 1. The molecule has 2 N–H and O–H groups in total. The van der Waals surface area contributed by atoms with Gasteiger partial charge in [0, 0.05) is 17.9 Å². The average Bonchev–Trinajstić information content (AvgIpc) is 3.17. The fraction of sp³-hybridized carbons (Fsp3) is 0.250. The zero-order valence-corrected chi connectivity index (χ0v) is 14.3. The molecule has 2 aromatic rings. The van der Waals surface area contributed by atoms with Gasteiger partial charge in [-0.2, -0.15) is 0 Å². The van der Waals surface area contributed by atoms with Crippen molar-refractivity contribution in [2.45, 2.75) is 6.92 Å². The molecule has 0 fully saturated rings. The number of carbonyl (C=O) groups is 1. The molecule has 25 heavy (non-hydrogen) atoms. The first-order valence-electron chi connectivity index (χ1n) is 7.50. The van der Waals surface area contributed by atoms with E-state index in [1.807, 2.05) is 6.92 Å². The third kappa shape index (κ3) is 3.82. The van der Waals surface area contributed by atoms with Gasteiger partial charge >= 0.3 is 0 Å². The quantitative estimate of drug-likeness (QED) is 0.796. The number of nitrogens with zero attached hydrogens (tertiary/aromatic N) is 4. The lowest BCUT2D eigenvalue weighted by molar-refractivity contribution is -0.114. The maximum absolute atomic E-state index is 12.3. The van der Waals surface area contributed by atoms with E-state index < -0.39 is 6.67 Å². The van der Waals surface area contributed by atoms with E-state index >= 15 is 0 Å². The van der Waals surface area contributed by atoms with Crippen LogP contribution in [0.1, 0.15) is 5.01 Å². The lowest BCUT2D eigenvalue weighted by Gasteiger charge is -2.12. The number of carbonyl (C=O) groups excluding carboxylic acids is 1. The van der Waals surface area contributed by atoms with Gasteiger partial charge < -0.3 is 10.5 Å². The summed E-state index contributed by atoms with van der Waals surface area (Å²) >= 11 is 1.43. The maximum Gasteiger partial charge on any atom is 0.275 e. The molecule has 0 aromatic carbocycles. The van der Waals surface area contributed by atoms with Crippen LogP contribution in [0, 0.1) is 6.92 Å². The van der Waals surface area contributed by atoms with Crippen LogP contribution >= 0.6 is 11.3 Å². The number of pyridine rings is 1. The summed E-state index contributed by atoms with van der Waals surface area (Å²) in [5, 5.41) is 1.63.